The van der Waals surface area contributed by atoms with E-state index in [2.05, 4.69) is 50.7 Å². The average Bonchev–Trinajstić information content (AvgIpc) is 2.47. The van der Waals surface area contributed by atoms with Gasteiger partial charge in [-0.2, -0.15) is 0 Å². The molecule has 74 valence electrons. The van der Waals surface area contributed by atoms with Crippen LogP contribution in [0.2, 0.25) is 0 Å². The Kier molecular flexibility index (Phi) is 3.18. The van der Waals surface area contributed by atoms with Crippen molar-refractivity contribution in [2.24, 2.45) is 0 Å². The lowest BCUT2D eigenvalue weighted by molar-refractivity contribution is 0.398. The fourth-order valence-corrected chi connectivity index (χ4v) is 1.39. The molecule has 1 aromatic heterocycles. The first-order chi connectivity index (χ1) is 6.04. The minimum Gasteiger partial charge on any atom is -0.349 e. The third-order valence-electron chi connectivity index (χ3n) is 2.35. The van der Waals surface area contributed by atoms with Gasteiger partial charge in [0.1, 0.15) is 0 Å². The van der Waals surface area contributed by atoms with E-state index in [0.29, 0.717) is 0 Å². The fraction of sp³-hybridized carbons (Fsp3) is 0.667. The predicted octanol–water partition coefficient (Wildman–Crippen LogP) is 3.59. The van der Waals surface area contributed by atoms with Gasteiger partial charge in [0.15, 0.2) is 0 Å². The van der Waals surface area contributed by atoms with E-state index in [1.165, 1.54) is 24.8 Å². The van der Waals surface area contributed by atoms with Crippen molar-refractivity contribution in [2.45, 2.75) is 52.5 Å². The van der Waals surface area contributed by atoms with Crippen molar-refractivity contribution in [3.63, 3.8) is 0 Å². The number of nitrogens with zero attached hydrogens (tertiary/aromatic N) is 1. The number of aryl methyl sites for hydroxylation is 1. The van der Waals surface area contributed by atoms with Crippen molar-refractivity contribution in [1.82, 2.24) is 4.57 Å². The SMILES string of the molecule is CCCCc1ccn(C(C)(C)C)c1. The van der Waals surface area contributed by atoms with Crippen molar-refractivity contribution in [2.75, 3.05) is 0 Å². The highest BCUT2D eigenvalue weighted by atomic mass is 15.0. The van der Waals surface area contributed by atoms with Gasteiger partial charge in [-0.05, 0) is 45.2 Å². The quantitative estimate of drug-likeness (QED) is 0.668. The Labute approximate surface area is 81.8 Å². The highest BCUT2D eigenvalue weighted by molar-refractivity contribution is 5.11. The zero-order valence-corrected chi connectivity index (χ0v) is 9.30. The summed E-state index contributed by atoms with van der Waals surface area (Å²) < 4.78 is 2.29. The Morgan fingerprint density at radius 1 is 1.31 bits per heavy atom. The summed E-state index contributed by atoms with van der Waals surface area (Å²) in [6.45, 7) is 8.94. The van der Waals surface area contributed by atoms with Gasteiger partial charge < -0.3 is 4.57 Å². The van der Waals surface area contributed by atoms with Crippen LogP contribution in [0.25, 0.3) is 0 Å². The molecule has 0 saturated heterocycles. The molecule has 0 atom stereocenters. The number of aromatic nitrogens is 1. The topological polar surface area (TPSA) is 4.93 Å². The maximum atomic E-state index is 2.29. The van der Waals surface area contributed by atoms with Crippen LogP contribution in [0.4, 0.5) is 0 Å². The first-order valence-corrected chi connectivity index (χ1v) is 5.21. The Morgan fingerprint density at radius 3 is 2.46 bits per heavy atom. The molecule has 0 unspecified atom stereocenters. The molecule has 0 bridgehead atoms. The molecule has 13 heavy (non-hydrogen) atoms. The summed E-state index contributed by atoms with van der Waals surface area (Å²) >= 11 is 0. The summed E-state index contributed by atoms with van der Waals surface area (Å²) in [6, 6.07) is 2.24. The molecular weight excluding hydrogens is 158 g/mol. The second kappa shape index (κ2) is 3.99. The number of hydrogen-bond donors (Lipinski definition) is 0. The van der Waals surface area contributed by atoms with Crippen LogP contribution in [0.1, 0.15) is 46.1 Å². The van der Waals surface area contributed by atoms with Gasteiger partial charge in [-0.25, -0.2) is 0 Å². The number of hydrogen-bond acceptors (Lipinski definition) is 0. The number of unbranched alkanes of at least 4 members (excludes halogenated alkanes) is 1. The molecule has 0 aliphatic carbocycles. The first-order valence-electron chi connectivity index (χ1n) is 5.21. The molecular formula is C12H21N. The Bertz CT molecular complexity index is 252. The normalized spacial score (nSPS) is 12.0. The van der Waals surface area contributed by atoms with Crippen LogP contribution in [0.5, 0.6) is 0 Å². The molecule has 1 heterocycles. The van der Waals surface area contributed by atoms with E-state index in [1.807, 2.05) is 0 Å². The first kappa shape index (κ1) is 10.4. The van der Waals surface area contributed by atoms with E-state index < -0.39 is 0 Å². The van der Waals surface area contributed by atoms with Gasteiger partial charge in [-0.1, -0.05) is 13.3 Å². The lowest BCUT2D eigenvalue weighted by Gasteiger charge is -2.20. The van der Waals surface area contributed by atoms with Crippen molar-refractivity contribution in [1.29, 1.82) is 0 Å². The van der Waals surface area contributed by atoms with Crippen LogP contribution in [-0.4, -0.2) is 4.57 Å². The Morgan fingerprint density at radius 2 is 2.00 bits per heavy atom. The average molecular weight is 179 g/mol. The molecule has 0 N–H and O–H groups in total. The van der Waals surface area contributed by atoms with Crippen molar-refractivity contribution in [3.05, 3.63) is 24.0 Å². The molecule has 1 nitrogen and oxygen atoms in total. The summed E-state index contributed by atoms with van der Waals surface area (Å²) in [5.41, 5.74) is 1.70. The van der Waals surface area contributed by atoms with Gasteiger partial charge in [0.2, 0.25) is 0 Å². The zero-order valence-electron chi connectivity index (χ0n) is 9.30. The molecule has 1 rings (SSSR count). The van der Waals surface area contributed by atoms with Crippen molar-refractivity contribution < 1.29 is 0 Å². The Hall–Kier alpha value is -0.720. The summed E-state index contributed by atoms with van der Waals surface area (Å²) in [7, 11) is 0. The van der Waals surface area contributed by atoms with Gasteiger partial charge in [-0.3, -0.25) is 0 Å². The van der Waals surface area contributed by atoms with Gasteiger partial charge in [-0.15, -0.1) is 0 Å². The van der Waals surface area contributed by atoms with Crippen LogP contribution in [-0.2, 0) is 12.0 Å². The minimum atomic E-state index is 0.227. The van der Waals surface area contributed by atoms with Crippen LogP contribution in [0.15, 0.2) is 18.5 Å². The van der Waals surface area contributed by atoms with Crippen molar-refractivity contribution >= 4 is 0 Å². The molecule has 1 aromatic rings. The van der Waals surface area contributed by atoms with E-state index in [9.17, 15) is 0 Å². The lowest BCUT2D eigenvalue weighted by Crippen LogP contribution is -2.19. The molecule has 0 aliphatic rings. The van der Waals surface area contributed by atoms with Crippen LogP contribution in [0.3, 0.4) is 0 Å². The third kappa shape index (κ3) is 2.91. The standard InChI is InChI=1S/C12H21N/c1-5-6-7-11-8-9-13(10-11)12(2,3)4/h8-10H,5-7H2,1-4H3. The molecule has 0 aliphatic heterocycles. The third-order valence-corrected chi connectivity index (χ3v) is 2.35. The summed E-state index contributed by atoms with van der Waals surface area (Å²) in [5.74, 6) is 0. The van der Waals surface area contributed by atoms with Gasteiger partial charge in [0.25, 0.3) is 0 Å². The maximum absolute atomic E-state index is 2.29. The molecule has 1 heteroatoms. The second-order valence-corrected chi connectivity index (χ2v) is 4.70. The smallest absolute Gasteiger partial charge is 0.0355 e. The van der Waals surface area contributed by atoms with Crippen LogP contribution >= 0.6 is 0 Å². The van der Waals surface area contributed by atoms with Gasteiger partial charge in [0, 0.05) is 17.9 Å². The Balaban J connectivity index is 2.64. The summed E-state index contributed by atoms with van der Waals surface area (Å²) in [6.07, 6.45) is 8.26. The van der Waals surface area contributed by atoms with Crippen molar-refractivity contribution in [3.8, 4) is 0 Å². The predicted molar refractivity (Wildman–Crippen MR) is 58.0 cm³/mol. The molecule has 0 saturated carbocycles. The van der Waals surface area contributed by atoms with Gasteiger partial charge in [0.05, 0.1) is 0 Å². The van der Waals surface area contributed by atoms with E-state index in [4.69, 9.17) is 0 Å². The molecule has 0 aromatic carbocycles. The van der Waals surface area contributed by atoms with E-state index in [-0.39, 0.29) is 5.54 Å². The second-order valence-electron chi connectivity index (χ2n) is 4.70. The van der Waals surface area contributed by atoms with Gasteiger partial charge >= 0.3 is 0 Å². The summed E-state index contributed by atoms with van der Waals surface area (Å²) in [5, 5.41) is 0. The minimum absolute atomic E-state index is 0.227. The summed E-state index contributed by atoms with van der Waals surface area (Å²) in [4.78, 5) is 0. The zero-order chi connectivity index (χ0) is 9.90. The van der Waals surface area contributed by atoms with E-state index in [0.717, 1.165) is 0 Å². The molecule has 0 spiro atoms. The maximum Gasteiger partial charge on any atom is 0.0355 e. The highest BCUT2D eigenvalue weighted by Crippen LogP contribution is 2.16. The molecule has 0 amide bonds. The largest absolute Gasteiger partial charge is 0.349 e. The molecule has 0 fully saturated rings. The van der Waals surface area contributed by atoms with Crippen LogP contribution in [0, 0.1) is 0 Å². The molecule has 0 radical (unpaired) electrons. The lowest BCUT2D eigenvalue weighted by atomic mass is 10.1. The highest BCUT2D eigenvalue weighted by Gasteiger charge is 2.11. The fourth-order valence-electron chi connectivity index (χ4n) is 1.39. The van der Waals surface area contributed by atoms with Crippen LogP contribution < -0.4 is 0 Å². The number of rotatable bonds is 3. The van der Waals surface area contributed by atoms with E-state index >= 15 is 0 Å². The monoisotopic (exact) mass is 179 g/mol. The van der Waals surface area contributed by atoms with E-state index in [1.54, 1.807) is 0 Å².